The minimum Gasteiger partial charge on any atom is -0.271 e. The standard InChI is InChI=1S/C13H12N4/c1-2-17(11-13(8-14)9-15)16-10-12-6-4-3-5-7-12/h3-7,10-11H,2H2,1H3/b16-10+. The van der Waals surface area contributed by atoms with E-state index in [1.54, 1.807) is 23.4 Å². The molecule has 4 heteroatoms. The fourth-order valence-electron chi connectivity index (χ4n) is 1.12. The van der Waals surface area contributed by atoms with Crippen LogP contribution in [0.1, 0.15) is 12.5 Å². The quantitative estimate of drug-likeness (QED) is 0.447. The first-order chi connectivity index (χ1) is 8.30. The lowest BCUT2D eigenvalue weighted by atomic mass is 10.2. The molecule has 1 rings (SSSR count). The van der Waals surface area contributed by atoms with Crippen LogP contribution in [0.2, 0.25) is 0 Å². The van der Waals surface area contributed by atoms with E-state index in [0.717, 1.165) is 5.56 Å². The minimum atomic E-state index is 0.0389. The molecular formula is C13H12N4. The zero-order valence-corrected chi connectivity index (χ0v) is 9.54. The van der Waals surface area contributed by atoms with Gasteiger partial charge < -0.3 is 0 Å². The Morgan fingerprint density at radius 2 is 1.94 bits per heavy atom. The SMILES string of the molecule is CCN(C=C(C#N)C#N)/N=C/c1ccccc1. The Hall–Kier alpha value is -2.59. The number of allylic oxidation sites excluding steroid dienone is 1. The van der Waals surface area contributed by atoms with Crippen molar-refractivity contribution in [3.8, 4) is 12.1 Å². The third-order valence-corrected chi connectivity index (χ3v) is 2.00. The highest BCUT2D eigenvalue weighted by molar-refractivity contribution is 5.79. The number of hydrogen-bond acceptors (Lipinski definition) is 4. The van der Waals surface area contributed by atoms with Gasteiger partial charge in [-0.2, -0.15) is 15.6 Å². The fourth-order valence-corrected chi connectivity index (χ4v) is 1.12. The summed E-state index contributed by atoms with van der Waals surface area (Å²) in [7, 11) is 0. The van der Waals surface area contributed by atoms with E-state index >= 15 is 0 Å². The van der Waals surface area contributed by atoms with Crippen molar-refractivity contribution < 1.29 is 0 Å². The maximum Gasteiger partial charge on any atom is 0.147 e. The largest absolute Gasteiger partial charge is 0.271 e. The van der Waals surface area contributed by atoms with Gasteiger partial charge in [-0.25, -0.2) is 0 Å². The molecule has 0 unspecified atom stereocenters. The van der Waals surface area contributed by atoms with Gasteiger partial charge in [-0.3, -0.25) is 5.01 Å². The Morgan fingerprint density at radius 3 is 2.47 bits per heavy atom. The zero-order valence-electron chi connectivity index (χ0n) is 9.54. The summed E-state index contributed by atoms with van der Waals surface area (Å²) in [5.74, 6) is 0. The predicted molar refractivity (Wildman–Crippen MR) is 65.7 cm³/mol. The Morgan fingerprint density at radius 1 is 1.29 bits per heavy atom. The number of hydrogen-bond donors (Lipinski definition) is 0. The van der Waals surface area contributed by atoms with Crippen molar-refractivity contribution in [1.82, 2.24) is 5.01 Å². The van der Waals surface area contributed by atoms with Crippen molar-refractivity contribution in [2.24, 2.45) is 5.10 Å². The topological polar surface area (TPSA) is 63.2 Å². The molecule has 0 atom stereocenters. The third kappa shape index (κ3) is 4.19. The summed E-state index contributed by atoms with van der Waals surface area (Å²) in [5.41, 5.74) is 1.01. The molecule has 0 saturated heterocycles. The van der Waals surface area contributed by atoms with Gasteiger partial charge in [0.05, 0.1) is 12.4 Å². The van der Waals surface area contributed by atoms with E-state index in [0.29, 0.717) is 6.54 Å². The third-order valence-electron chi connectivity index (χ3n) is 2.00. The van der Waals surface area contributed by atoms with Crippen LogP contribution in [0.5, 0.6) is 0 Å². The normalized spacial score (nSPS) is 9.35. The van der Waals surface area contributed by atoms with Gasteiger partial charge in [0.1, 0.15) is 17.7 Å². The molecule has 0 fully saturated rings. The molecule has 0 amide bonds. The van der Waals surface area contributed by atoms with Crippen molar-refractivity contribution in [2.45, 2.75) is 6.92 Å². The Labute approximate surface area is 101 Å². The summed E-state index contributed by atoms with van der Waals surface area (Å²) >= 11 is 0. The Kier molecular flexibility index (Phi) is 5.00. The highest BCUT2D eigenvalue weighted by Gasteiger charge is 1.96. The van der Waals surface area contributed by atoms with E-state index in [2.05, 4.69) is 5.10 Å². The Balaban J connectivity index is 2.79. The van der Waals surface area contributed by atoms with E-state index in [1.165, 1.54) is 6.20 Å². The van der Waals surface area contributed by atoms with Crippen LogP contribution in [0.4, 0.5) is 0 Å². The average Bonchev–Trinajstić information content (AvgIpc) is 2.40. The van der Waals surface area contributed by atoms with Crippen LogP contribution in [0, 0.1) is 22.7 Å². The summed E-state index contributed by atoms with van der Waals surface area (Å²) in [5, 5.41) is 23.0. The van der Waals surface area contributed by atoms with Crippen molar-refractivity contribution in [2.75, 3.05) is 6.54 Å². The molecule has 0 N–H and O–H groups in total. The molecule has 0 radical (unpaired) electrons. The second kappa shape index (κ2) is 6.81. The summed E-state index contributed by atoms with van der Waals surface area (Å²) in [6.45, 7) is 2.49. The second-order valence-electron chi connectivity index (χ2n) is 3.18. The molecular weight excluding hydrogens is 212 g/mol. The first-order valence-electron chi connectivity index (χ1n) is 5.17. The maximum absolute atomic E-state index is 8.64. The number of nitriles is 2. The smallest absolute Gasteiger partial charge is 0.147 e. The highest BCUT2D eigenvalue weighted by atomic mass is 15.4. The van der Waals surface area contributed by atoms with Crippen LogP contribution in [-0.2, 0) is 0 Å². The van der Waals surface area contributed by atoms with Crippen LogP contribution < -0.4 is 0 Å². The van der Waals surface area contributed by atoms with E-state index in [1.807, 2.05) is 37.3 Å². The summed E-state index contributed by atoms with van der Waals surface area (Å²) in [4.78, 5) is 0. The molecule has 0 aliphatic heterocycles. The van der Waals surface area contributed by atoms with E-state index in [9.17, 15) is 0 Å². The van der Waals surface area contributed by atoms with Crippen LogP contribution >= 0.6 is 0 Å². The van der Waals surface area contributed by atoms with Gasteiger partial charge >= 0.3 is 0 Å². The lowest BCUT2D eigenvalue weighted by Crippen LogP contribution is -2.09. The molecule has 0 aliphatic carbocycles. The molecule has 4 nitrogen and oxygen atoms in total. The molecule has 0 aliphatic rings. The monoisotopic (exact) mass is 224 g/mol. The fraction of sp³-hybridized carbons (Fsp3) is 0.154. The molecule has 0 bridgehead atoms. The number of benzene rings is 1. The van der Waals surface area contributed by atoms with E-state index in [4.69, 9.17) is 10.5 Å². The average molecular weight is 224 g/mol. The molecule has 17 heavy (non-hydrogen) atoms. The van der Waals surface area contributed by atoms with Gasteiger partial charge in [-0.1, -0.05) is 30.3 Å². The van der Waals surface area contributed by atoms with E-state index in [-0.39, 0.29) is 5.57 Å². The predicted octanol–water partition coefficient (Wildman–Crippen LogP) is 2.27. The van der Waals surface area contributed by atoms with Crippen molar-refractivity contribution in [3.63, 3.8) is 0 Å². The number of rotatable bonds is 4. The number of hydrazone groups is 1. The van der Waals surface area contributed by atoms with Crippen LogP contribution in [-0.4, -0.2) is 17.8 Å². The molecule has 1 aromatic rings. The molecule has 0 heterocycles. The molecule has 84 valence electrons. The maximum atomic E-state index is 8.64. The minimum absolute atomic E-state index is 0.0389. The van der Waals surface area contributed by atoms with Crippen molar-refractivity contribution >= 4 is 6.21 Å². The summed E-state index contributed by atoms with van der Waals surface area (Å²) < 4.78 is 0. The van der Waals surface area contributed by atoms with Crippen molar-refractivity contribution in [1.29, 1.82) is 10.5 Å². The molecule has 0 saturated carbocycles. The van der Waals surface area contributed by atoms with Crippen LogP contribution in [0.15, 0.2) is 47.2 Å². The highest BCUT2D eigenvalue weighted by Crippen LogP contribution is 1.99. The Bertz CT molecular complexity index is 472. The first-order valence-corrected chi connectivity index (χ1v) is 5.17. The molecule has 0 spiro atoms. The first kappa shape index (κ1) is 12.5. The van der Waals surface area contributed by atoms with Gasteiger partial charge in [-0.15, -0.1) is 0 Å². The zero-order chi connectivity index (χ0) is 12.5. The molecule has 1 aromatic carbocycles. The van der Waals surface area contributed by atoms with Crippen LogP contribution in [0.25, 0.3) is 0 Å². The van der Waals surface area contributed by atoms with Gasteiger partial charge in [0.15, 0.2) is 0 Å². The lowest BCUT2D eigenvalue weighted by molar-refractivity contribution is 0.423. The van der Waals surface area contributed by atoms with Gasteiger partial charge in [-0.05, 0) is 12.5 Å². The van der Waals surface area contributed by atoms with Gasteiger partial charge in [0, 0.05) is 6.54 Å². The number of nitrogens with zero attached hydrogens (tertiary/aromatic N) is 4. The second-order valence-corrected chi connectivity index (χ2v) is 3.18. The van der Waals surface area contributed by atoms with Gasteiger partial charge in [0.25, 0.3) is 0 Å². The van der Waals surface area contributed by atoms with Crippen LogP contribution in [0.3, 0.4) is 0 Å². The van der Waals surface area contributed by atoms with Crippen molar-refractivity contribution in [3.05, 3.63) is 47.7 Å². The molecule has 0 aromatic heterocycles. The lowest BCUT2D eigenvalue weighted by Gasteiger charge is -2.10. The summed E-state index contributed by atoms with van der Waals surface area (Å²) in [6, 6.07) is 13.2. The van der Waals surface area contributed by atoms with Gasteiger partial charge in [0.2, 0.25) is 0 Å². The van der Waals surface area contributed by atoms with E-state index < -0.39 is 0 Å². The summed E-state index contributed by atoms with van der Waals surface area (Å²) in [6.07, 6.45) is 3.12.